The molecule has 23 heavy (non-hydrogen) atoms. The first kappa shape index (κ1) is 15.6. The fourth-order valence-corrected chi connectivity index (χ4v) is 3.50. The molecule has 2 aliphatic rings. The molecule has 1 fully saturated rings. The molecule has 3 heterocycles. The Morgan fingerprint density at radius 3 is 2.70 bits per heavy atom. The lowest BCUT2D eigenvalue weighted by Crippen LogP contribution is -2.50. The van der Waals surface area contributed by atoms with E-state index in [9.17, 15) is 9.59 Å². The maximum absolute atomic E-state index is 12.3. The van der Waals surface area contributed by atoms with E-state index in [0.717, 1.165) is 12.1 Å². The highest BCUT2D eigenvalue weighted by Gasteiger charge is 2.37. The average molecular weight is 315 g/mol. The van der Waals surface area contributed by atoms with Crippen molar-refractivity contribution < 1.29 is 9.53 Å². The van der Waals surface area contributed by atoms with E-state index >= 15 is 0 Å². The summed E-state index contributed by atoms with van der Waals surface area (Å²) in [5.74, 6) is 0.329. The Morgan fingerprint density at radius 1 is 1.30 bits per heavy atom. The monoisotopic (exact) mass is 315 g/mol. The number of likely N-dealkylation sites (tertiary alicyclic amines) is 1. The number of nitrogens with zero attached hydrogens (tertiary/aromatic N) is 3. The number of pyridine rings is 1. The lowest BCUT2D eigenvalue weighted by atomic mass is 9.83. The van der Waals surface area contributed by atoms with Crippen LogP contribution in [-0.4, -0.2) is 34.3 Å². The van der Waals surface area contributed by atoms with Gasteiger partial charge in [-0.1, -0.05) is 0 Å². The lowest BCUT2D eigenvalue weighted by Gasteiger charge is -2.42. The number of hydrogen-bond acceptors (Lipinski definition) is 4. The second-order valence-electron chi connectivity index (χ2n) is 7.41. The van der Waals surface area contributed by atoms with Gasteiger partial charge in [-0.25, -0.2) is 4.79 Å². The summed E-state index contributed by atoms with van der Waals surface area (Å²) in [6.07, 6.45) is 0.632. The molecule has 0 saturated carbocycles. The quantitative estimate of drug-likeness (QED) is 0.734. The number of carbonyl (C=O) groups excluding carboxylic acids is 1. The minimum Gasteiger partial charge on any atom is -0.444 e. The molecular formula is C17H21N3O3. The highest BCUT2D eigenvalue weighted by Crippen LogP contribution is 2.35. The van der Waals surface area contributed by atoms with Gasteiger partial charge in [-0.15, -0.1) is 0 Å². The number of carbonyl (C=O) groups is 1. The molecule has 1 aromatic heterocycles. The molecule has 0 N–H and O–H groups in total. The highest BCUT2D eigenvalue weighted by molar-refractivity contribution is 5.68. The van der Waals surface area contributed by atoms with Crippen LogP contribution in [0, 0.1) is 17.2 Å². The van der Waals surface area contributed by atoms with Crippen LogP contribution in [-0.2, 0) is 11.3 Å². The fourth-order valence-electron chi connectivity index (χ4n) is 3.50. The van der Waals surface area contributed by atoms with Gasteiger partial charge >= 0.3 is 6.09 Å². The number of nitriles is 1. The van der Waals surface area contributed by atoms with Crippen LogP contribution in [0.2, 0.25) is 0 Å². The predicted molar refractivity (Wildman–Crippen MR) is 84.1 cm³/mol. The van der Waals surface area contributed by atoms with E-state index in [2.05, 4.69) is 0 Å². The number of ether oxygens (including phenoxy) is 1. The Morgan fingerprint density at radius 2 is 2.04 bits per heavy atom. The van der Waals surface area contributed by atoms with E-state index in [0.29, 0.717) is 25.2 Å². The van der Waals surface area contributed by atoms with Gasteiger partial charge in [-0.2, -0.15) is 5.26 Å². The first-order valence-electron chi connectivity index (χ1n) is 7.89. The number of piperidine rings is 1. The average Bonchev–Trinajstić information content (AvgIpc) is 2.46. The molecule has 6 heteroatoms. The van der Waals surface area contributed by atoms with E-state index in [1.54, 1.807) is 15.5 Å². The summed E-state index contributed by atoms with van der Waals surface area (Å²) in [5.41, 5.74) is 0.596. The van der Waals surface area contributed by atoms with E-state index in [-0.39, 0.29) is 23.5 Å². The summed E-state index contributed by atoms with van der Waals surface area (Å²) in [5, 5.41) is 9.07. The highest BCUT2D eigenvalue weighted by atomic mass is 16.6. The Kier molecular flexibility index (Phi) is 3.67. The molecule has 0 aromatic carbocycles. The fraction of sp³-hybridized carbons (Fsp3) is 0.588. The molecule has 2 unspecified atom stereocenters. The third-order valence-corrected chi connectivity index (χ3v) is 4.34. The Hall–Kier alpha value is -2.29. The Balaban J connectivity index is 1.88. The zero-order valence-corrected chi connectivity index (χ0v) is 13.7. The van der Waals surface area contributed by atoms with Crippen LogP contribution in [0.15, 0.2) is 16.9 Å². The van der Waals surface area contributed by atoms with Gasteiger partial charge in [0.25, 0.3) is 5.56 Å². The zero-order valence-electron chi connectivity index (χ0n) is 13.7. The molecule has 2 aliphatic heterocycles. The van der Waals surface area contributed by atoms with Crippen LogP contribution in [0.25, 0.3) is 0 Å². The van der Waals surface area contributed by atoms with Crippen molar-refractivity contribution >= 4 is 6.09 Å². The normalized spacial score (nSPS) is 23.0. The van der Waals surface area contributed by atoms with Crippen molar-refractivity contribution in [3.05, 3.63) is 33.7 Å². The second kappa shape index (κ2) is 5.41. The summed E-state index contributed by atoms with van der Waals surface area (Å²) in [6, 6.07) is 5.20. The van der Waals surface area contributed by atoms with Crippen molar-refractivity contribution in [1.29, 1.82) is 5.26 Å². The third-order valence-electron chi connectivity index (χ3n) is 4.34. The Bertz CT molecular complexity index is 739. The van der Waals surface area contributed by atoms with Crippen molar-refractivity contribution in [2.24, 2.45) is 5.92 Å². The van der Waals surface area contributed by atoms with Crippen LogP contribution in [0.5, 0.6) is 0 Å². The smallest absolute Gasteiger partial charge is 0.410 e. The topological polar surface area (TPSA) is 75.3 Å². The first-order chi connectivity index (χ1) is 10.8. The van der Waals surface area contributed by atoms with E-state index in [1.807, 2.05) is 26.8 Å². The van der Waals surface area contributed by atoms with Gasteiger partial charge in [0.2, 0.25) is 0 Å². The largest absolute Gasteiger partial charge is 0.444 e. The van der Waals surface area contributed by atoms with Crippen LogP contribution >= 0.6 is 0 Å². The minimum absolute atomic E-state index is 0.0796. The standard InChI is InChI=1S/C17H21N3O3/c1-17(2,3)23-16(22)19-8-12-4-13(10-19)14-5-11(7-18)6-15(21)20(14)9-12/h5-6,12-13H,4,8-10H2,1-3H3. The number of amides is 1. The van der Waals surface area contributed by atoms with Gasteiger partial charge in [0, 0.05) is 37.3 Å². The van der Waals surface area contributed by atoms with Crippen molar-refractivity contribution in [2.75, 3.05) is 13.1 Å². The number of aromatic nitrogens is 1. The number of rotatable bonds is 0. The molecule has 2 bridgehead atoms. The lowest BCUT2D eigenvalue weighted by molar-refractivity contribution is 0.0102. The molecule has 3 rings (SSSR count). The van der Waals surface area contributed by atoms with Crippen LogP contribution in [0.1, 0.15) is 44.4 Å². The zero-order chi connectivity index (χ0) is 16.8. The molecule has 2 atom stereocenters. The molecule has 1 saturated heterocycles. The third kappa shape index (κ3) is 3.09. The van der Waals surface area contributed by atoms with Crippen molar-refractivity contribution in [1.82, 2.24) is 9.47 Å². The van der Waals surface area contributed by atoms with E-state index in [1.165, 1.54) is 6.07 Å². The summed E-state index contributed by atoms with van der Waals surface area (Å²) in [6.45, 7) is 7.28. The molecular weight excluding hydrogens is 294 g/mol. The van der Waals surface area contributed by atoms with E-state index in [4.69, 9.17) is 10.00 Å². The summed E-state index contributed by atoms with van der Waals surface area (Å²) in [7, 11) is 0. The van der Waals surface area contributed by atoms with Crippen molar-refractivity contribution in [2.45, 2.75) is 45.3 Å². The van der Waals surface area contributed by atoms with Crippen LogP contribution < -0.4 is 5.56 Å². The maximum atomic E-state index is 12.3. The van der Waals surface area contributed by atoms with Gasteiger partial charge in [0.1, 0.15) is 5.60 Å². The SMILES string of the molecule is CC(C)(C)OC(=O)N1CC2CC(C1)c1cc(C#N)cc(=O)n1C2. The molecule has 1 aromatic rings. The number of fused-ring (bicyclic) bond motifs is 4. The molecule has 0 radical (unpaired) electrons. The van der Waals surface area contributed by atoms with Gasteiger partial charge in [-0.3, -0.25) is 4.79 Å². The minimum atomic E-state index is -0.521. The molecule has 0 aliphatic carbocycles. The van der Waals surface area contributed by atoms with Gasteiger partial charge in [-0.05, 0) is 39.2 Å². The molecule has 6 nitrogen and oxygen atoms in total. The van der Waals surface area contributed by atoms with Crippen LogP contribution in [0.4, 0.5) is 4.79 Å². The van der Waals surface area contributed by atoms with Gasteiger partial charge in [0.05, 0.1) is 11.6 Å². The van der Waals surface area contributed by atoms with Crippen molar-refractivity contribution in [3.63, 3.8) is 0 Å². The maximum Gasteiger partial charge on any atom is 0.410 e. The molecule has 0 spiro atoms. The van der Waals surface area contributed by atoms with Crippen LogP contribution in [0.3, 0.4) is 0 Å². The predicted octanol–water partition coefficient (Wildman–Crippen LogP) is 2.07. The summed E-state index contributed by atoms with van der Waals surface area (Å²) < 4.78 is 7.22. The second-order valence-corrected chi connectivity index (χ2v) is 7.41. The molecule has 1 amide bonds. The molecule has 122 valence electrons. The van der Waals surface area contributed by atoms with Gasteiger partial charge in [0.15, 0.2) is 0 Å². The Labute approximate surface area is 135 Å². The number of hydrogen-bond donors (Lipinski definition) is 0. The first-order valence-corrected chi connectivity index (χ1v) is 7.89. The summed E-state index contributed by atoms with van der Waals surface area (Å²) >= 11 is 0. The van der Waals surface area contributed by atoms with Gasteiger partial charge < -0.3 is 14.2 Å². The summed E-state index contributed by atoms with van der Waals surface area (Å²) in [4.78, 5) is 26.2. The van der Waals surface area contributed by atoms with Crippen molar-refractivity contribution in [3.8, 4) is 6.07 Å². The van der Waals surface area contributed by atoms with E-state index < -0.39 is 5.60 Å².